The molecule has 0 aliphatic rings. The van der Waals surface area contributed by atoms with Crippen molar-refractivity contribution in [2.45, 2.75) is 61.7 Å². The summed E-state index contributed by atoms with van der Waals surface area (Å²) in [5, 5.41) is 0. The Hall–Kier alpha value is 0.507. The largest absolute Gasteiger partial charge is 0.119 e. The lowest BCUT2D eigenvalue weighted by atomic mass is 10.5. The zero-order chi connectivity index (χ0) is 11.5. The van der Waals surface area contributed by atoms with Gasteiger partial charge in [0.1, 0.15) is 0 Å². The van der Waals surface area contributed by atoms with E-state index < -0.39 is 8.07 Å². The van der Waals surface area contributed by atoms with Crippen LogP contribution in [0.2, 0.25) is 16.6 Å². The van der Waals surface area contributed by atoms with Crippen LogP contribution in [0.5, 0.6) is 0 Å². The van der Waals surface area contributed by atoms with Gasteiger partial charge in [-0.05, 0) is 16.6 Å². The molecule has 0 spiro atoms. The molecule has 0 aliphatic heterocycles. The Bertz CT molecular complexity index is 191. The van der Waals surface area contributed by atoms with Crippen LogP contribution in [0, 0.1) is 12.3 Å². The van der Waals surface area contributed by atoms with Crippen LogP contribution in [-0.4, -0.2) is 11.6 Å². The smallest absolute Gasteiger partial charge is 0.0903 e. The van der Waals surface area contributed by atoms with Crippen LogP contribution >= 0.6 is 22.6 Å². The van der Waals surface area contributed by atoms with Gasteiger partial charge < -0.3 is 0 Å². The van der Waals surface area contributed by atoms with Crippen molar-refractivity contribution in [1.82, 2.24) is 0 Å². The maximum atomic E-state index is 5.65. The molecule has 0 aromatic rings. The average molecular weight is 322 g/mol. The molecule has 0 rings (SSSR count). The zero-order valence-corrected chi connectivity index (χ0v) is 13.4. The molecule has 0 aromatic heterocycles. The monoisotopic (exact) mass is 322 g/mol. The molecule has 0 N–H and O–H groups in total. The predicted octanol–water partition coefficient (Wildman–Crippen LogP) is 4.64. The third kappa shape index (κ3) is 2.36. The van der Waals surface area contributed by atoms with Gasteiger partial charge in [-0.25, -0.2) is 0 Å². The van der Waals surface area contributed by atoms with Crippen molar-refractivity contribution in [3.05, 3.63) is 0 Å². The van der Waals surface area contributed by atoms with E-state index in [1.165, 1.54) is 0 Å². The number of terminal acetylenes is 1. The Balaban J connectivity index is 5.29. The molecule has 0 heterocycles. The third-order valence-electron chi connectivity index (χ3n) is 3.59. The van der Waals surface area contributed by atoms with Gasteiger partial charge >= 0.3 is 0 Å². The fourth-order valence-corrected chi connectivity index (χ4v) is 15.5. The molecule has 0 saturated heterocycles. The van der Waals surface area contributed by atoms with E-state index in [1.54, 1.807) is 0 Å². The van der Waals surface area contributed by atoms with E-state index in [4.69, 9.17) is 6.42 Å². The van der Waals surface area contributed by atoms with Crippen molar-refractivity contribution >= 4 is 30.7 Å². The highest BCUT2D eigenvalue weighted by molar-refractivity contribution is 14.1. The maximum Gasteiger partial charge on any atom is 0.0903 e. The summed E-state index contributed by atoms with van der Waals surface area (Å²) in [6.07, 6.45) is 5.65. The van der Waals surface area contributed by atoms with Crippen molar-refractivity contribution in [2.24, 2.45) is 0 Å². The van der Waals surface area contributed by atoms with E-state index in [-0.39, 0.29) is 0 Å². The Morgan fingerprint density at radius 1 is 0.929 bits per heavy atom. The van der Waals surface area contributed by atoms with Gasteiger partial charge in [0.05, 0.1) is 11.6 Å². The highest BCUT2D eigenvalue weighted by Gasteiger charge is 2.47. The molecule has 82 valence electrons. The molecule has 0 aliphatic carbocycles. The van der Waals surface area contributed by atoms with Gasteiger partial charge in [-0.3, -0.25) is 0 Å². The second-order valence-corrected chi connectivity index (χ2v) is 13.5. The Morgan fingerprint density at radius 2 is 1.21 bits per heavy atom. The van der Waals surface area contributed by atoms with Crippen molar-refractivity contribution < 1.29 is 0 Å². The second-order valence-electron chi connectivity index (χ2n) is 4.99. The lowest BCUT2D eigenvalue weighted by Gasteiger charge is -2.44. The van der Waals surface area contributed by atoms with Gasteiger partial charge in [-0.15, -0.1) is 6.42 Å². The summed E-state index contributed by atoms with van der Waals surface area (Å²) < 4.78 is 0.458. The highest BCUT2D eigenvalue weighted by atomic mass is 127. The third-order valence-corrected chi connectivity index (χ3v) is 14.2. The predicted molar refractivity (Wildman–Crippen MR) is 77.7 cm³/mol. The van der Waals surface area contributed by atoms with E-state index in [2.05, 4.69) is 70.1 Å². The summed E-state index contributed by atoms with van der Waals surface area (Å²) in [6, 6.07) is 0. The molecule has 0 amide bonds. The summed E-state index contributed by atoms with van der Waals surface area (Å²) in [4.78, 5) is 0. The fourth-order valence-electron chi connectivity index (χ4n) is 3.02. The van der Waals surface area contributed by atoms with Gasteiger partial charge in [-0.2, -0.15) is 0 Å². The van der Waals surface area contributed by atoms with Gasteiger partial charge in [0, 0.05) is 0 Å². The molecular weight excluding hydrogens is 299 g/mol. The average Bonchev–Trinajstić information content (AvgIpc) is 2.02. The molecule has 14 heavy (non-hydrogen) atoms. The van der Waals surface area contributed by atoms with E-state index in [0.29, 0.717) is 3.55 Å². The van der Waals surface area contributed by atoms with Crippen LogP contribution in [0.4, 0.5) is 0 Å². The van der Waals surface area contributed by atoms with Crippen molar-refractivity contribution in [1.29, 1.82) is 0 Å². The van der Waals surface area contributed by atoms with Crippen molar-refractivity contribution in [2.75, 3.05) is 0 Å². The number of hydrogen-bond acceptors (Lipinski definition) is 0. The molecule has 0 aromatic carbocycles. The Morgan fingerprint density at radius 3 is 1.29 bits per heavy atom. The van der Waals surface area contributed by atoms with E-state index in [9.17, 15) is 0 Å². The highest BCUT2D eigenvalue weighted by Crippen LogP contribution is 2.46. The molecule has 0 radical (unpaired) electrons. The lowest BCUT2D eigenvalue weighted by Crippen LogP contribution is -2.52. The van der Waals surface area contributed by atoms with E-state index in [1.807, 2.05) is 0 Å². The first-order valence-corrected chi connectivity index (χ1v) is 8.97. The summed E-state index contributed by atoms with van der Waals surface area (Å²) in [7, 11) is -1.38. The van der Waals surface area contributed by atoms with Crippen LogP contribution in [0.3, 0.4) is 0 Å². The first-order valence-electron chi connectivity index (χ1n) is 5.41. The number of hydrogen-bond donors (Lipinski definition) is 0. The molecule has 0 saturated carbocycles. The van der Waals surface area contributed by atoms with E-state index in [0.717, 1.165) is 16.6 Å². The summed E-state index contributed by atoms with van der Waals surface area (Å²) in [6.45, 7) is 14.1. The Kier molecular flexibility index (Phi) is 5.75. The minimum absolute atomic E-state index is 0.458. The first-order chi connectivity index (χ1) is 6.31. The normalized spacial score (nSPS) is 14.9. The summed E-state index contributed by atoms with van der Waals surface area (Å²) in [5.41, 5.74) is 2.29. The van der Waals surface area contributed by atoms with Crippen LogP contribution in [0.15, 0.2) is 0 Å². The van der Waals surface area contributed by atoms with Crippen molar-refractivity contribution in [3.63, 3.8) is 0 Å². The van der Waals surface area contributed by atoms with Gasteiger partial charge in [0.2, 0.25) is 0 Å². The standard InChI is InChI=1S/C12H23ISi/c1-8-12(13)14(9(2)3,10(4)5)11(6)7/h1,9-12H,2-7H3. The van der Waals surface area contributed by atoms with Crippen LogP contribution in [0.1, 0.15) is 41.5 Å². The van der Waals surface area contributed by atoms with Crippen LogP contribution < -0.4 is 0 Å². The molecular formula is C12H23ISi. The van der Waals surface area contributed by atoms with Gasteiger partial charge in [0.25, 0.3) is 0 Å². The number of halogens is 1. The van der Waals surface area contributed by atoms with Gasteiger partial charge in [-0.1, -0.05) is 70.1 Å². The van der Waals surface area contributed by atoms with Crippen LogP contribution in [0.25, 0.3) is 0 Å². The van der Waals surface area contributed by atoms with E-state index >= 15 is 0 Å². The summed E-state index contributed by atoms with van der Waals surface area (Å²) >= 11 is 2.49. The number of rotatable bonds is 4. The topological polar surface area (TPSA) is 0 Å². The first kappa shape index (κ1) is 14.5. The van der Waals surface area contributed by atoms with Gasteiger partial charge in [0.15, 0.2) is 0 Å². The zero-order valence-electron chi connectivity index (χ0n) is 10.3. The molecule has 1 unspecified atom stereocenters. The second kappa shape index (κ2) is 5.55. The molecule has 0 bridgehead atoms. The molecule has 2 heteroatoms. The quantitative estimate of drug-likeness (QED) is 0.306. The van der Waals surface area contributed by atoms with Crippen molar-refractivity contribution in [3.8, 4) is 12.3 Å². The SMILES string of the molecule is C#CC(I)[Si](C(C)C)(C(C)C)C(C)C. The lowest BCUT2D eigenvalue weighted by molar-refractivity contribution is 0.812. The fraction of sp³-hybridized carbons (Fsp3) is 0.833. The molecule has 0 nitrogen and oxygen atoms in total. The maximum absolute atomic E-state index is 5.65. The van der Waals surface area contributed by atoms with Crippen LogP contribution in [-0.2, 0) is 0 Å². The summed E-state index contributed by atoms with van der Waals surface area (Å²) in [5.74, 6) is 3.00. The molecule has 0 fully saturated rings. The number of alkyl halides is 1. The minimum atomic E-state index is -1.38. The minimum Gasteiger partial charge on any atom is -0.119 e. The Labute approximate surface area is 104 Å². The molecule has 1 atom stereocenters.